The second-order valence-electron chi connectivity index (χ2n) is 4.01. The van der Waals surface area contributed by atoms with Crippen LogP contribution in [0.15, 0.2) is 6.33 Å². The van der Waals surface area contributed by atoms with Gasteiger partial charge in [-0.05, 0) is 12.8 Å². The molecule has 2 heterocycles. The van der Waals surface area contributed by atoms with Crippen LogP contribution in [-0.4, -0.2) is 50.2 Å². The minimum Gasteiger partial charge on any atom is -0.481 e. The van der Waals surface area contributed by atoms with E-state index in [2.05, 4.69) is 15.0 Å². The van der Waals surface area contributed by atoms with Gasteiger partial charge in [0.2, 0.25) is 11.8 Å². The summed E-state index contributed by atoms with van der Waals surface area (Å²) in [7, 11) is 0. The lowest BCUT2D eigenvalue weighted by Gasteiger charge is -2.29. The van der Waals surface area contributed by atoms with Crippen LogP contribution in [0.3, 0.4) is 0 Å². The third kappa shape index (κ3) is 2.53. The molecule has 1 saturated heterocycles. The summed E-state index contributed by atoms with van der Waals surface area (Å²) in [6.45, 7) is 1.00. The number of aliphatic carboxylic acids is 1. The third-order valence-electron chi connectivity index (χ3n) is 2.88. The third-order valence-corrected chi connectivity index (χ3v) is 2.88. The average Bonchev–Trinajstić information content (AvgIpc) is 2.39. The second-order valence-corrected chi connectivity index (χ2v) is 4.01. The molecule has 0 aromatic carbocycles. The Morgan fingerprint density at radius 1 is 1.22 bits per heavy atom. The molecular weight excluding hydrogens is 240 g/mol. The van der Waals surface area contributed by atoms with E-state index in [1.165, 1.54) is 0 Å². The van der Waals surface area contributed by atoms with Gasteiger partial charge in [-0.3, -0.25) is 4.79 Å². The van der Waals surface area contributed by atoms with E-state index in [9.17, 15) is 9.59 Å². The molecule has 1 aliphatic rings. The van der Waals surface area contributed by atoms with Gasteiger partial charge in [0.15, 0.2) is 0 Å². The number of carboxylic acid groups (broad SMARTS) is 2. The Kier molecular flexibility index (Phi) is 3.35. The number of hydrogen-bond donors (Lipinski definition) is 2. The first-order valence-corrected chi connectivity index (χ1v) is 5.48. The number of nitrogens with zero attached hydrogens (tertiary/aromatic N) is 4. The molecule has 2 N–H and O–H groups in total. The van der Waals surface area contributed by atoms with Gasteiger partial charge >= 0.3 is 11.9 Å². The number of piperidine rings is 1. The minimum atomic E-state index is -1.21. The summed E-state index contributed by atoms with van der Waals surface area (Å²) < 4.78 is 0. The highest BCUT2D eigenvalue weighted by Crippen LogP contribution is 2.20. The fourth-order valence-corrected chi connectivity index (χ4v) is 1.87. The molecule has 0 radical (unpaired) electrons. The number of aromatic nitrogens is 3. The van der Waals surface area contributed by atoms with E-state index in [0.717, 1.165) is 6.33 Å². The van der Waals surface area contributed by atoms with Crippen molar-refractivity contribution >= 4 is 17.9 Å². The molecule has 0 atom stereocenters. The summed E-state index contributed by atoms with van der Waals surface area (Å²) in [4.78, 5) is 34.6. The van der Waals surface area contributed by atoms with E-state index in [1.807, 2.05) is 0 Å². The molecule has 8 nitrogen and oxygen atoms in total. The topological polar surface area (TPSA) is 117 Å². The lowest BCUT2D eigenvalue weighted by atomic mass is 9.97. The van der Waals surface area contributed by atoms with Crippen molar-refractivity contribution in [2.24, 2.45) is 5.92 Å². The van der Waals surface area contributed by atoms with E-state index < -0.39 is 11.9 Å². The Bertz CT molecular complexity index is 471. The van der Waals surface area contributed by atoms with Gasteiger partial charge < -0.3 is 15.1 Å². The Morgan fingerprint density at radius 2 is 1.89 bits per heavy atom. The Morgan fingerprint density at radius 3 is 2.44 bits per heavy atom. The molecule has 0 bridgehead atoms. The average molecular weight is 252 g/mol. The van der Waals surface area contributed by atoms with Crippen LogP contribution < -0.4 is 4.90 Å². The van der Waals surface area contributed by atoms with Gasteiger partial charge in [0.1, 0.15) is 6.33 Å². The van der Waals surface area contributed by atoms with Gasteiger partial charge in [0, 0.05) is 13.1 Å². The normalized spacial score (nSPS) is 16.6. The van der Waals surface area contributed by atoms with Gasteiger partial charge in [0.25, 0.3) is 0 Å². The van der Waals surface area contributed by atoms with E-state index in [1.54, 1.807) is 4.90 Å². The minimum absolute atomic E-state index is 0.284. The highest BCUT2D eigenvalue weighted by Gasteiger charge is 2.26. The maximum Gasteiger partial charge on any atom is 0.374 e. The quantitative estimate of drug-likeness (QED) is 0.764. The molecule has 0 amide bonds. The van der Waals surface area contributed by atoms with Gasteiger partial charge in [0.05, 0.1) is 5.92 Å². The molecule has 0 unspecified atom stereocenters. The molecule has 1 aromatic rings. The predicted molar refractivity (Wildman–Crippen MR) is 59.4 cm³/mol. The number of carboxylic acids is 2. The zero-order valence-corrected chi connectivity index (χ0v) is 9.48. The van der Waals surface area contributed by atoms with Crippen LogP contribution in [-0.2, 0) is 4.79 Å². The van der Waals surface area contributed by atoms with Crippen molar-refractivity contribution in [2.75, 3.05) is 18.0 Å². The van der Waals surface area contributed by atoms with Crippen LogP contribution in [0.2, 0.25) is 0 Å². The molecule has 0 aliphatic carbocycles. The van der Waals surface area contributed by atoms with Crippen LogP contribution in [0, 0.1) is 5.92 Å². The summed E-state index contributed by atoms with van der Waals surface area (Å²) in [5.41, 5.74) is 0. The summed E-state index contributed by atoms with van der Waals surface area (Å²) in [6, 6.07) is 0. The predicted octanol–water partition coefficient (Wildman–Crippen LogP) is -0.129. The van der Waals surface area contributed by atoms with Gasteiger partial charge in [-0.25, -0.2) is 14.8 Å². The Balaban J connectivity index is 2.07. The first-order chi connectivity index (χ1) is 8.58. The zero-order chi connectivity index (χ0) is 13.1. The molecule has 18 heavy (non-hydrogen) atoms. The smallest absolute Gasteiger partial charge is 0.374 e. The van der Waals surface area contributed by atoms with Crippen LogP contribution in [0.5, 0.6) is 0 Å². The Hall–Kier alpha value is -2.25. The monoisotopic (exact) mass is 252 g/mol. The van der Waals surface area contributed by atoms with E-state index in [-0.39, 0.29) is 17.7 Å². The Labute approximate surface area is 102 Å². The molecule has 1 aliphatic heterocycles. The maximum atomic E-state index is 10.8. The summed E-state index contributed by atoms with van der Waals surface area (Å²) >= 11 is 0. The number of hydrogen-bond acceptors (Lipinski definition) is 6. The summed E-state index contributed by atoms with van der Waals surface area (Å²) in [6.07, 6.45) is 2.15. The maximum absolute atomic E-state index is 10.8. The molecule has 1 aromatic heterocycles. The molecule has 2 rings (SSSR count). The van der Waals surface area contributed by atoms with Gasteiger partial charge in [-0.1, -0.05) is 0 Å². The van der Waals surface area contributed by atoms with Crippen LogP contribution >= 0.6 is 0 Å². The van der Waals surface area contributed by atoms with Gasteiger partial charge in [-0.2, -0.15) is 4.98 Å². The molecule has 96 valence electrons. The van der Waals surface area contributed by atoms with Gasteiger partial charge in [-0.15, -0.1) is 0 Å². The van der Waals surface area contributed by atoms with Crippen LogP contribution in [0.4, 0.5) is 5.95 Å². The summed E-state index contributed by atoms with van der Waals surface area (Å²) in [5.74, 6) is -2.37. The fourth-order valence-electron chi connectivity index (χ4n) is 1.87. The van der Waals surface area contributed by atoms with E-state index >= 15 is 0 Å². The number of carbonyl (C=O) groups is 2. The lowest BCUT2D eigenvalue weighted by Crippen LogP contribution is -2.37. The zero-order valence-electron chi connectivity index (χ0n) is 9.48. The van der Waals surface area contributed by atoms with E-state index in [0.29, 0.717) is 25.9 Å². The lowest BCUT2D eigenvalue weighted by molar-refractivity contribution is -0.142. The van der Waals surface area contributed by atoms with Crippen molar-refractivity contribution in [3.63, 3.8) is 0 Å². The first-order valence-electron chi connectivity index (χ1n) is 5.48. The molecule has 8 heteroatoms. The second kappa shape index (κ2) is 4.94. The molecular formula is C10H12N4O4. The van der Waals surface area contributed by atoms with Crippen molar-refractivity contribution in [1.29, 1.82) is 0 Å². The largest absolute Gasteiger partial charge is 0.481 e. The first kappa shape index (κ1) is 12.2. The SMILES string of the molecule is O=C(O)c1ncnc(N2CCC(C(=O)O)CC2)n1. The van der Waals surface area contributed by atoms with E-state index in [4.69, 9.17) is 10.2 Å². The standard InChI is InChI=1S/C10H12N4O4/c15-8(16)6-1-3-14(4-2-6)10-12-5-11-7(13-10)9(17)18/h5-6H,1-4H2,(H,15,16)(H,17,18). The van der Waals surface area contributed by atoms with Crippen molar-refractivity contribution < 1.29 is 19.8 Å². The van der Waals surface area contributed by atoms with Crippen LogP contribution in [0.25, 0.3) is 0 Å². The van der Waals surface area contributed by atoms with Crippen molar-refractivity contribution in [2.45, 2.75) is 12.8 Å². The highest BCUT2D eigenvalue weighted by atomic mass is 16.4. The fraction of sp³-hybridized carbons (Fsp3) is 0.500. The molecule has 0 saturated carbocycles. The van der Waals surface area contributed by atoms with Crippen molar-refractivity contribution in [1.82, 2.24) is 15.0 Å². The molecule has 1 fully saturated rings. The number of anilines is 1. The summed E-state index contributed by atoms with van der Waals surface area (Å²) in [5, 5.41) is 17.6. The van der Waals surface area contributed by atoms with Crippen molar-refractivity contribution in [3.05, 3.63) is 12.2 Å². The molecule has 0 spiro atoms. The van der Waals surface area contributed by atoms with Crippen molar-refractivity contribution in [3.8, 4) is 0 Å². The van der Waals surface area contributed by atoms with Crippen LogP contribution in [0.1, 0.15) is 23.5 Å². The highest BCUT2D eigenvalue weighted by molar-refractivity contribution is 5.83. The number of aromatic carboxylic acids is 1. The number of rotatable bonds is 3.